The van der Waals surface area contributed by atoms with Crippen LogP contribution >= 0.6 is 0 Å². The van der Waals surface area contributed by atoms with Crippen LogP contribution in [0.1, 0.15) is 34.5 Å². The lowest BCUT2D eigenvalue weighted by atomic mass is 9.87. The molecule has 0 spiro atoms. The lowest BCUT2D eigenvalue weighted by Gasteiger charge is -2.24. The van der Waals surface area contributed by atoms with Gasteiger partial charge < -0.3 is 15.3 Å². The maximum absolute atomic E-state index is 12.6. The van der Waals surface area contributed by atoms with Crippen LogP contribution in [0.4, 0.5) is 0 Å². The highest BCUT2D eigenvalue weighted by Crippen LogP contribution is 2.37. The zero-order valence-corrected chi connectivity index (χ0v) is 18.9. The van der Waals surface area contributed by atoms with Crippen LogP contribution in [-0.4, -0.2) is 58.3 Å². The predicted octanol–water partition coefficient (Wildman–Crippen LogP) is 3.56. The molecule has 0 bridgehead atoms. The van der Waals surface area contributed by atoms with Crippen molar-refractivity contribution in [3.05, 3.63) is 89.9 Å². The molecule has 1 saturated heterocycles. The second-order valence-corrected chi connectivity index (χ2v) is 8.62. The molecule has 2 aliphatic rings. The molecule has 1 unspecified atom stereocenters. The standard InChI is InChI=1S/C27H27N5O2/c33-23-10-6-20(7-11-23)24-18-28-19-25(31-24)27(12-3-13-30-27)22-8-4-21(5-9-22)26(34)29-14-17-32-15-1-2-16-32/h3-13,18-19,33H,1-2,14-17H2,(H,29,34). The van der Waals surface area contributed by atoms with E-state index >= 15 is 0 Å². The van der Waals surface area contributed by atoms with Crippen LogP contribution < -0.4 is 5.32 Å². The van der Waals surface area contributed by atoms with Gasteiger partial charge in [-0.2, -0.15) is 0 Å². The number of nitrogens with one attached hydrogen (secondary N) is 1. The van der Waals surface area contributed by atoms with E-state index in [0.29, 0.717) is 23.5 Å². The van der Waals surface area contributed by atoms with Crippen molar-refractivity contribution in [1.29, 1.82) is 0 Å². The molecule has 2 N–H and O–H groups in total. The van der Waals surface area contributed by atoms with Crippen LogP contribution in [-0.2, 0) is 5.54 Å². The lowest BCUT2D eigenvalue weighted by Crippen LogP contribution is -2.33. The molecule has 2 aromatic carbocycles. The van der Waals surface area contributed by atoms with Crippen molar-refractivity contribution in [1.82, 2.24) is 20.2 Å². The number of phenolic OH excluding ortho intramolecular Hbond substituents is 1. The number of likely N-dealkylation sites (tertiary alicyclic amines) is 1. The third-order valence-corrected chi connectivity index (χ3v) is 6.39. The summed E-state index contributed by atoms with van der Waals surface area (Å²) in [5, 5.41) is 12.6. The van der Waals surface area contributed by atoms with Gasteiger partial charge in [-0.25, -0.2) is 4.98 Å². The van der Waals surface area contributed by atoms with Crippen LogP contribution in [0.2, 0.25) is 0 Å². The zero-order chi connectivity index (χ0) is 23.4. The van der Waals surface area contributed by atoms with E-state index < -0.39 is 5.54 Å². The van der Waals surface area contributed by atoms with Crippen LogP contribution in [0.15, 0.2) is 78.1 Å². The topological polar surface area (TPSA) is 90.7 Å². The first-order valence-corrected chi connectivity index (χ1v) is 11.6. The number of aromatic hydroxyl groups is 1. The molecule has 1 atom stereocenters. The summed E-state index contributed by atoms with van der Waals surface area (Å²) in [6.45, 7) is 3.79. The molecule has 1 aromatic heterocycles. The molecule has 0 aliphatic carbocycles. The third kappa shape index (κ3) is 4.47. The van der Waals surface area contributed by atoms with Gasteiger partial charge in [0.15, 0.2) is 0 Å². The van der Waals surface area contributed by atoms with E-state index in [2.05, 4.69) is 15.2 Å². The van der Waals surface area contributed by atoms with Crippen molar-refractivity contribution >= 4 is 12.1 Å². The molecule has 1 amide bonds. The number of aromatic nitrogens is 2. The summed E-state index contributed by atoms with van der Waals surface area (Å²) < 4.78 is 0. The number of hydrogen-bond donors (Lipinski definition) is 2. The summed E-state index contributed by atoms with van der Waals surface area (Å²) >= 11 is 0. The highest BCUT2D eigenvalue weighted by molar-refractivity contribution is 5.94. The van der Waals surface area contributed by atoms with Crippen molar-refractivity contribution in [3.63, 3.8) is 0 Å². The second-order valence-electron chi connectivity index (χ2n) is 8.62. The van der Waals surface area contributed by atoms with Gasteiger partial charge in [0.05, 0.1) is 23.8 Å². The first-order valence-electron chi connectivity index (χ1n) is 11.6. The van der Waals surface area contributed by atoms with Gasteiger partial charge in [0.1, 0.15) is 11.3 Å². The number of rotatable bonds is 7. The number of nitrogens with zero attached hydrogens (tertiary/aromatic N) is 4. The van der Waals surface area contributed by atoms with Gasteiger partial charge in [0, 0.05) is 30.4 Å². The van der Waals surface area contributed by atoms with Crippen molar-refractivity contribution in [2.75, 3.05) is 26.2 Å². The average Bonchev–Trinajstić information content (AvgIpc) is 3.58. The number of carbonyl (C=O) groups excluding carboxylic acids is 1. The highest BCUT2D eigenvalue weighted by Gasteiger charge is 2.35. The number of aliphatic imine (C=N–C) groups is 1. The Morgan fingerprint density at radius 3 is 2.50 bits per heavy atom. The van der Waals surface area contributed by atoms with E-state index in [4.69, 9.17) is 9.98 Å². The second kappa shape index (κ2) is 9.57. The van der Waals surface area contributed by atoms with E-state index in [1.54, 1.807) is 42.9 Å². The molecule has 2 aliphatic heterocycles. The molecule has 3 heterocycles. The first-order chi connectivity index (χ1) is 16.6. The monoisotopic (exact) mass is 453 g/mol. The molecule has 0 radical (unpaired) electrons. The first kappa shape index (κ1) is 22.0. The smallest absolute Gasteiger partial charge is 0.251 e. The lowest BCUT2D eigenvalue weighted by molar-refractivity contribution is 0.0949. The Kier molecular flexibility index (Phi) is 6.18. The van der Waals surface area contributed by atoms with E-state index in [-0.39, 0.29) is 11.7 Å². The molecule has 172 valence electrons. The van der Waals surface area contributed by atoms with E-state index in [1.165, 1.54) is 12.8 Å². The minimum atomic E-state index is -0.801. The van der Waals surface area contributed by atoms with Crippen LogP contribution in [0.3, 0.4) is 0 Å². The number of hydrogen-bond acceptors (Lipinski definition) is 6. The number of amides is 1. The van der Waals surface area contributed by atoms with Gasteiger partial charge in [-0.05, 0) is 80.0 Å². The number of benzene rings is 2. The van der Waals surface area contributed by atoms with Crippen LogP contribution in [0.25, 0.3) is 11.3 Å². The molecular formula is C27H27N5O2. The highest BCUT2D eigenvalue weighted by atomic mass is 16.3. The van der Waals surface area contributed by atoms with Gasteiger partial charge in [-0.3, -0.25) is 14.8 Å². The minimum absolute atomic E-state index is 0.0700. The van der Waals surface area contributed by atoms with Gasteiger partial charge in [0.25, 0.3) is 5.91 Å². The summed E-state index contributed by atoms with van der Waals surface area (Å²) in [6.07, 6.45) is 11.6. The molecule has 1 fully saturated rings. The normalized spacial score (nSPS) is 19.5. The minimum Gasteiger partial charge on any atom is -0.508 e. The Bertz CT molecular complexity index is 1200. The molecule has 3 aromatic rings. The van der Waals surface area contributed by atoms with Gasteiger partial charge >= 0.3 is 0 Å². The number of allylic oxidation sites excluding steroid dienone is 1. The van der Waals surface area contributed by atoms with Crippen LogP contribution in [0, 0.1) is 0 Å². The maximum Gasteiger partial charge on any atom is 0.251 e. The quantitative estimate of drug-likeness (QED) is 0.571. The molecule has 7 nitrogen and oxygen atoms in total. The van der Waals surface area contributed by atoms with Crippen molar-refractivity contribution < 1.29 is 9.90 Å². The Morgan fingerprint density at radius 2 is 1.79 bits per heavy atom. The van der Waals surface area contributed by atoms with E-state index in [1.807, 2.05) is 36.4 Å². The SMILES string of the molecule is O=C(NCCN1CCCC1)c1ccc(C2(c3cncc(-c4ccc(O)cc4)n3)C=CC=N2)cc1. The third-order valence-electron chi connectivity index (χ3n) is 6.39. The Labute approximate surface area is 198 Å². The average molecular weight is 454 g/mol. The fraction of sp³-hybridized carbons (Fsp3) is 0.259. The molecule has 5 rings (SSSR count). The largest absolute Gasteiger partial charge is 0.508 e. The van der Waals surface area contributed by atoms with Crippen LogP contribution in [0.5, 0.6) is 5.75 Å². The van der Waals surface area contributed by atoms with Gasteiger partial charge in [-0.15, -0.1) is 0 Å². The summed E-state index contributed by atoms with van der Waals surface area (Å²) in [5.74, 6) is 0.132. The van der Waals surface area contributed by atoms with E-state index in [0.717, 1.165) is 30.8 Å². The molecule has 7 heteroatoms. The molecular weight excluding hydrogens is 426 g/mol. The predicted molar refractivity (Wildman–Crippen MR) is 132 cm³/mol. The maximum atomic E-state index is 12.6. The Morgan fingerprint density at radius 1 is 1.03 bits per heavy atom. The van der Waals surface area contributed by atoms with Crippen molar-refractivity contribution in [3.8, 4) is 17.0 Å². The van der Waals surface area contributed by atoms with Crippen molar-refractivity contribution in [2.45, 2.75) is 18.4 Å². The van der Waals surface area contributed by atoms with Gasteiger partial charge in [0.2, 0.25) is 0 Å². The summed E-state index contributed by atoms with van der Waals surface area (Å²) in [5.41, 5.74) is 2.96. The fourth-order valence-corrected chi connectivity index (χ4v) is 4.49. The van der Waals surface area contributed by atoms with Gasteiger partial charge in [-0.1, -0.05) is 12.1 Å². The number of phenols is 1. The number of carbonyl (C=O) groups is 1. The zero-order valence-electron chi connectivity index (χ0n) is 18.9. The molecule has 34 heavy (non-hydrogen) atoms. The fourth-order valence-electron chi connectivity index (χ4n) is 4.49. The summed E-state index contributed by atoms with van der Waals surface area (Å²) in [4.78, 5) is 29.0. The summed E-state index contributed by atoms with van der Waals surface area (Å²) in [7, 11) is 0. The molecule has 0 saturated carbocycles. The van der Waals surface area contributed by atoms with E-state index in [9.17, 15) is 9.90 Å². The Balaban J connectivity index is 1.35. The Hall–Kier alpha value is -3.84. The van der Waals surface area contributed by atoms with Crippen molar-refractivity contribution in [2.24, 2.45) is 4.99 Å². The summed E-state index contributed by atoms with van der Waals surface area (Å²) in [6, 6.07) is 14.4.